The maximum Gasteiger partial charge on any atom is 0.408 e. The van der Waals surface area contributed by atoms with E-state index in [1.807, 2.05) is 61.5 Å². The number of amides is 3. The van der Waals surface area contributed by atoms with Gasteiger partial charge in [0.05, 0.1) is 6.61 Å². The van der Waals surface area contributed by atoms with Crippen molar-refractivity contribution < 1.29 is 24.2 Å². The number of alkyl carbamates (subject to hydrolysis) is 1. The number of nitrogens with one attached hydrogen (secondary N) is 2. The van der Waals surface area contributed by atoms with E-state index in [0.29, 0.717) is 18.5 Å². The zero-order chi connectivity index (χ0) is 27.4. The minimum atomic E-state index is -1.26. The van der Waals surface area contributed by atoms with Gasteiger partial charge >= 0.3 is 6.09 Å². The van der Waals surface area contributed by atoms with Gasteiger partial charge in [0.15, 0.2) is 0 Å². The van der Waals surface area contributed by atoms with E-state index in [0.717, 1.165) is 24.0 Å². The van der Waals surface area contributed by atoms with E-state index in [4.69, 9.17) is 4.74 Å². The van der Waals surface area contributed by atoms with E-state index >= 15 is 0 Å². The smallest absolute Gasteiger partial charge is 0.408 e. The van der Waals surface area contributed by atoms with Crippen molar-refractivity contribution in [3.05, 3.63) is 71.3 Å². The van der Waals surface area contributed by atoms with Crippen molar-refractivity contribution in [1.82, 2.24) is 15.5 Å². The van der Waals surface area contributed by atoms with Gasteiger partial charge < -0.3 is 25.4 Å². The molecule has 0 spiro atoms. The second-order valence-corrected chi connectivity index (χ2v) is 10.1. The maximum absolute atomic E-state index is 13.8. The third-order valence-corrected chi connectivity index (χ3v) is 5.68. The lowest BCUT2D eigenvalue weighted by Crippen LogP contribution is -2.54. The zero-order valence-electron chi connectivity index (χ0n) is 22.6. The standard InChI is InChI=1S/C29H41N3O5/c1-6-7-11-17-32(27(35)24(20-33)31-28(36)37-29(3,4)5)25(23-16-12-13-21(2)18-23)26(34)30-19-22-14-9-8-10-15-22/h8-10,12-16,18,24-25,33H,6-7,11,17,19-20H2,1-5H3,(H,30,34)(H,31,36). The van der Waals surface area contributed by atoms with Crippen LogP contribution in [0.3, 0.4) is 0 Å². The van der Waals surface area contributed by atoms with E-state index in [-0.39, 0.29) is 12.5 Å². The van der Waals surface area contributed by atoms with Crippen LogP contribution in [0.15, 0.2) is 54.6 Å². The first kappa shape index (κ1) is 29.8. The van der Waals surface area contributed by atoms with Gasteiger partial charge in [0.1, 0.15) is 17.7 Å². The highest BCUT2D eigenvalue weighted by Crippen LogP contribution is 2.24. The number of rotatable bonds is 12. The van der Waals surface area contributed by atoms with Crippen LogP contribution in [0.1, 0.15) is 69.7 Å². The molecule has 2 unspecified atom stereocenters. The number of benzene rings is 2. The molecule has 0 aliphatic heterocycles. The second-order valence-electron chi connectivity index (χ2n) is 10.1. The van der Waals surface area contributed by atoms with Gasteiger partial charge in [-0.2, -0.15) is 0 Å². The van der Waals surface area contributed by atoms with Crippen LogP contribution in [0.4, 0.5) is 4.79 Å². The molecule has 8 heteroatoms. The van der Waals surface area contributed by atoms with Gasteiger partial charge in [-0.15, -0.1) is 0 Å². The summed E-state index contributed by atoms with van der Waals surface area (Å²) >= 11 is 0. The van der Waals surface area contributed by atoms with Gasteiger partial charge in [-0.3, -0.25) is 9.59 Å². The van der Waals surface area contributed by atoms with Crippen LogP contribution in [-0.2, 0) is 20.9 Å². The van der Waals surface area contributed by atoms with Crippen molar-refractivity contribution in [1.29, 1.82) is 0 Å². The second kappa shape index (κ2) is 14.4. The molecule has 0 heterocycles. The van der Waals surface area contributed by atoms with E-state index in [1.54, 1.807) is 20.8 Å². The van der Waals surface area contributed by atoms with Crippen molar-refractivity contribution in [2.24, 2.45) is 0 Å². The van der Waals surface area contributed by atoms with E-state index in [1.165, 1.54) is 4.90 Å². The fourth-order valence-corrected chi connectivity index (χ4v) is 3.93. The summed E-state index contributed by atoms with van der Waals surface area (Å²) in [7, 11) is 0. The highest BCUT2D eigenvalue weighted by atomic mass is 16.6. The molecular formula is C29H41N3O5. The average molecular weight is 512 g/mol. The molecule has 0 radical (unpaired) electrons. The lowest BCUT2D eigenvalue weighted by Gasteiger charge is -2.34. The molecule has 3 N–H and O–H groups in total. The lowest BCUT2D eigenvalue weighted by atomic mass is 10.00. The average Bonchev–Trinajstić information content (AvgIpc) is 2.84. The minimum Gasteiger partial charge on any atom is -0.444 e. The summed E-state index contributed by atoms with van der Waals surface area (Å²) < 4.78 is 5.28. The number of unbranched alkanes of at least 4 members (excludes halogenated alkanes) is 2. The van der Waals surface area contributed by atoms with E-state index < -0.39 is 36.3 Å². The molecule has 0 aliphatic rings. The monoisotopic (exact) mass is 511 g/mol. The molecule has 2 atom stereocenters. The highest BCUT2D eigenvalue weighted by molar-refractivity contribution is 5.92. The van der Waals surface area contributed by atoms with Crippen molar-refractivity contribution in [2.75, 3.05) is 13.2 Å². The van der Waals surface area contributed by atoms with Gasteiger partial charge in [0, 0.05) is 13.1 Å². The van der Waals surface area contributed by atoms with Gasteiger partial charge in [-0.05, 0) is 45.2 Å². The molecule has 2 aromatic rings. The summed E-state index contributed by atoms with van der Waals surface area (Å²) in [6, 6.07) is 14.8. The Bertz CT molecular complexity index is 1020. The van der Waals surface area contributed by atoms with Crippen LogP contribution in [0.2, 0.25) is 0 Å². The maximum atomic E-state index is 13.8. The molecule has 0 bridgehead atoms. The Labute approximate surface area is 220 Å². The van der Waals surface area contributed by atoms with Gasteiger partial charge in [-0.25, -0.2) is 4.79 Å². The summed E-state index contributed by atoms with van der Waals surface area (Å²) in [5.41, 5.74) is 1.77. The Morgan fingerprint density at radius 1 is 1.03 bits per heavy atom. The number of carbonyl (C=O) groups excluding carboxylic acids is 3. The predicted molar refractivity (Wildman–Crippen MR) is 144 cm³/mol. The summed E-state index contributed by atoms with van der Waals surface area (Å²) in [6.07, 6.45) is 1.64. The van der Waals surface area contributed by atoms with Crippen molar-refractivity contribution in [2.45, 2.75) is 78.1 Å². The molecule has 202 valence electrons. The topological polar surface area (TPSA) is 108 Å². The zero-order valence-corrected chi connectivity index (χ0v) is 22.6. The van der Waals surface area contributed by atoms with Crippen molar-refractivity contribution >= 4 is 17.9 Å². The first-order valence-corrected chi connectivity index (χ1v) is 12.8. The normalized spacial score (nSPS) is 12.8. The molecule has 2 aromatic carbocycles. The largest absolute Gasteiger partial charge is 0.444 e. The molecule has 8 nitrogen and oxygen atoms in total. The van der Waals surface area contributed by atoms with Crippen LogP contribution in [0.5, 0.6) is 0 Å². The van der Waals surface area contributed by atoms with Crippen molar-refractivity contribution in [3.8, 4) is 0 Å². The molecule has 0 fully saturated rings. The summed E-state index contributed by atoms with van der Waals surface area (Å²) in [5, 5.41) is 15.5. The first-order valence-electron chi connectivity index (χ1n) is 12.8. The van der Waals surface area contributed by atoms with Crippen LogP contribution >= 0.6 is 0 Å². The molecular weight excluding hydrogens is 470 g/mol. The number of aliphatic hydroxyl groups excluding tert-OH is 1. The molecule has 0 aromatic heterocycles. The predicted octanol–water partition coefficient (Wildman–Crippen LogP) is 4.26. The Morgan fingerprint density at radius 3 is 2.32 bits per heavy atom. The fraction of sp³-hybridized carbons (Fsp3) is 0.483. The third kappa shape index (κ3) is 9.88. The summed E-state index contributed by atoms with van der Waals surface area (Å²) in [5.74, 6) is -0.890. The molecule has 37 heavy (non-hydrogen) atoms. The number of hydrogen-bond acceptors (Lipinski definition) is 5. The minimum absolute atomic E-state index is 0.288. The third-order valence-electron chi connectivity index (χ3n) is 5.68. The lowest BCUT2D eigenvalue weighted by molar-refractivity contribution is -0.143. The number of aryl methyl sites for hydroxylation is 1. The Balaban J connectivity index is 2.40. The molecule has 2 rings (SSSR count). The van der Waals surface area contributed by atoms with Gasteiger partial charge in [0.25, 0.3) is 0 Å². The molecule has 0 aliphatic carbocycles. The summed E-state index contributed by atoms with van der Waals surface area (Å²) in [4.78, 5) is 41.3. The Morgan fingerprint density at radius 2 is 1.73 bits per heavy atom. The number of hydrogen-bond donors (Lipinski definition) is 3. The van der Waals surface area contributed by atoms with Crippen LogP contribution in [0, 0.1) is 6.92 Å². The molecule has 0 saturated heterocycles. The van der Waals surface area contributed by atoms with Gasteiger partial charge in [-0.1, -0.05) is 79.9 Å². The number of aliphatic hydroxyl groups is 1. The SMILES string of the molecule is CCCCCN(C(=O)C(CO)NC(=O)OC(C)(C)C)C(C(=O)NCc1ccccc1)c1cccc(C)c1. The number of carbonyl (C=O) groups is 3. The number of ether oxygens (including phenoxy) is 1. The van der Waals surface area contributed by atoms with Crippen LogP contribution < -0.4 is 10.6 Å². The highest BCUT2D eigenvalue weighted by Gasteiger charge is 2.35. The quantitative estimate of drug-likeness (QED) is 0.369. The van der Waals surface area contributed by atoms with Crippen molar-refractivity contribution in [3.63, 3.8) is 0 Å². The number of nitrogens with zero attached hydrogens (tertiary/aromatic N) is 1. The Hall–Kier alpha value is -3.39. The van der Waals surface area contributed by atoms with Crippen LogP contribution in [-0.4, -0.2) is 52.7 Å². The van der Waals surface area contributed by atoms with E-state index in [2.05, 4.69) is 17.6 Å². The van der Waals surface area contributed by atoms with Gasteiger partial charge in [0.2, 0.25) is 11.8 Å². The first-order chi connectivity index (χ1) is 17.6. The molecule has 0 saturated carbocycles. The van der Waals surface area contributed by atoms with Crippen LogP contribution in [0.25, 0.3) is 0 Å². The Kier molecular flexibility index (Phi) is 11.6. The molecule has 3 amide bonds. The summed E-state index contributed by atoms with van der Waals surface area (Å²) in [6.45, 7) is 9.08. The van der Waals surface area contributed by atoms with E-state index in [9.17, 15) is 19.5 Å². The fourth-order valence-electron chi connectivity index (χ4n) is 3.93.